The Hall–Kier alpha value is -2.23. The maximum atomic E-state index is 10.9. The molecular formula is C12H11NO3. The monoisotopic (exact) mass is 217 g/mol. The molecule has 16 heavy (non-hydrogen) atoms. The smallest absolute Gasteiger partial charge is 0.337 e. The van der Waals surface area contributed by atoms with Crippen LogP contribution in [0.25, 0.3) is 10.8 Å². The van der Waals surface area contributed by atoms with Crippen LogP contribution in [0.3, 0.4) is 0 Å². The average molecular weight is 217 g/mol. The fourth-order valence-electron chi connectivity index (χ4n) is 1.64. The van der Waals surface area contributed by atoms with Gasteiger partial charge in [-0.1, -0.05) is 12.1 Å². The molecule has 0 unspecified atom stereocenters. The molecule has 0 spiro atoms. The standard InChI is InChI=1S/C12H11NO3/c1-16-8-4-2-7-3-5-9(12(14)15)11(13)10(7)6-8/h2-6H,13H2,1H3,(H,14,15). The highest BCUT2D eigenvalue weighted by molar-refractivity contribution is 6.05. The minimum Gasteiger partial charge on any atom is -0.497 e. The third-order valence-corrected chi connectivity index (χ3v) is 2.50. The van der Waals surface area contributed by atoms with Gasteiger partial charge in [-0.25, -0.2) is 4.79 Å². The molecule has 2 rings (SSSR count). The van der Waals surface area contributed by atoms with E-state index in [0.717, 1.165) is 5.39 Å². The summed E-state index contributed by atoms with van der Waals surface area (Å²) >= 11 is 0. The Balaban J connectivity index is 2.75. The molecule has 0 heterocycles. The molecule has 0 fully saturated rings. The predicted molar refractivity (Wildman–Crippen MR) is 61.9 cm³/mol. The third-order valence-electron chi connectivity index (χ3n) is 2.50. The van der Waals surface area contributed by atoms with Crippen LogP contribution in [0.4, 0.5) is 5.69 Å². The highest BCUT2D eigenvalue weighted by Crippen LogP contribution is 2.28. The zero-order chi connectivity index (χ0) is 11.7. The van der Waals surface area contributed by atoms with Crippen molar-refractivity contribution >= 4 is 22.4 Å². The number of methoxy groups -OCH3 is 1. The van der Waals surface area contributed by atoms with Gasteiger partial charge in [-0.3, -0.25) is 0 Å². The molecule has 0 bridgehead atoms. The topological polar surface area (TPSA) is 72.5 Å². The molecule has 4 heteroatoms. The summed E-state index contributed by atoms with van der Waals surface area (Å²) in [6.45, 7) is 0. The maximum Gasteiger partial charge on any atom is 0.337 e. The van der Waals surface area contributed by atoms with E-state index in [0.29, 0.717) is 11.1 Å². The number of rotatable bonds is 2. The van der Waals surface area contributed by atoms with E-state index in [4.69, 9.17) is 15.6 Å². The summed E-state index contributed by atoms with van der Waals surface area (Å²) in [5.74, 6) is -0.371. The van der Waals surface area contributed by atoms with E-state index in [1.807, 2.05) is 12.1 Å². The van der Waals surface area contributed by atoms with Crippen LogP contribution in [0.2, 0.25) is 0 Å². The molecule has 0 aromatic heterocycles. The summed E-state index contributed by atoms with van der Waals surface area (Å²) in [4.78, 5) is 10.9. The summed E-state index contributed by atoms with van der Waals surface area (Å²) in [6, 6.07) is 8.62. The normalized spacial score (nSPS) is 10.3. The second-order valence-electron chi connectivity index (χ2n) is 3.42. The van der Waals surface area contributed by atoms with E-state index in [9.17, 15) is 4.79 Å². The number of nitrogens with two attached hydrogens (primary N) is 1. The molecule has 0 saturated carbocycles. The van der Waals surface area contributed by atoms with Gasteiger partial charge >= 0.3 is 5.97 Å². The van der Waals surface area contributed by atoms with Crippen LogP contribution in [-0.4, -0.2) is 18.2 Å². The molecule has 2 aromatic rings. The lowest BCUT2D eigenvalue weighted by molar-refractivity contribution is 0.0698. The van der Waals surface area contributed by atoms with Gasteiger partial charge in [-0.05, 0) is 23.6 Å². The van der Waals surface area contributed by atoms with Gasteiger partial charge in [-0.15, -0.1) is 0 Å². The van der Waals surface area contributed by atoms with Crippen LogP contribution >= 0.6 is 0 Å². The highest BCUT2D eigenvalue weighted by atomic mass is 16.5. The molecule has 4 nitrogen and oxygen atoms in total. The van der Waals surface area contributed by atoms with E-state index in [1.54, 1.807) is 19.2 Å². The van der Waals surface area contributed by atoms with Crippen molar-refractivity contribution < 1.29 is 14.6 Å². The summed E-state index contributed by atoms with van der Waals surface area (Å²) in [5, 5.41) is 10.5. The minimum atomic E-state index is -1.03. The molecule has 0 saturated heterocycles. The van der Waals surface area contributed by atoms with Crippen molar-refractivity contribution in [3.63, 3.8) is 0 Å². The maximum absolute atomic E-state index is 10.9. The number of carbonyl (C=O) groups is 1. The van der Waals surface area contributed by atoms with Gasteiger partial charge in [-0.2, -0.15) is 0 Å². The molecule has 0 radical (unpaired) electrons. The van der Waals surface area contributed by atoms with E-state index in [1.165, 1.54) is 6.07 Å². The lowest BCUT2D eigenvalue weighted by atomic mass is 10.0. The SMILES string of the molecule is COc1ccc2ccc(C(=O)O)c(N)c2c1. The molecule has 2 aromatic carbocycles. The number of nitrogen functional groups attached to an aromatic ring is 1. The largest absolute Gasteiger partial charge is 0.497 e. The summed E-state index contributed by atoms with van der Waals surface area (Å²) in [6.07, 6.45) is 0. The number of ether oxygens (including phenoxy) is 1. The number of carboxylic acids is 1. The molecule has 0 aliphatic heterocycles. The Morgan fingerprint density at radius 2 is 2.00 bits per heavy atom. The van der Waals surface area contributed by atoms with Crippen LogP contribution in [0.5, 0.6) is 5.75 Å². The van der Waals surface area contributed by atoms with Gasteiger partial charge in [0.25, 0.3) is 0 Å². The first kappa shape index (κ1) is 10.3. The van der Waals surface area contributed by atoms with E-state index < -0.39 is 5.97 Å². The Morgan fingerprint density at radius 1 is 1.31 bits per heavy atom. The van der Waals surface area contributed by atoms with Crippen molar-refractivity contribution in [3.05, 3.63) is 35.9 Å². The van der Waals surface area contributed by atoms with Crippen molar-refractivity contribution in [2.75, 3.05) is 12.8 Å². The molecule has 0 aliphatic carbocycles. The molecule has 3 N–H and O–H groups in total. The summed E-state index contributed by atoms with van der Waals surface area (Å²) in [7, 11) is 1.55. The number of carboxylic acid groups (broad SMARTS) is 1. The zero-order valence-corrected chi connectivity index (χ0v) is 8.73. The van der Waals surface area contributed by atoms with Crippen molar-refractivity contribution in [1.82, 2.24) is 0 Å². The van der Waals surface area contributed by atoms with Crippen LogP contribution in [-0.2, 0) is 0 Å². The first-order valence-electron chi connectivity index (χ1n) is 4.73. The Kier molecular flexibility index (Phi) is 2.40. The molecule has 0 atom stereocenters. The lowest BCUT2D eigenvalue weighted by Crippen LogP contribution is -2.02. The first-order chi connectivity index (χ1) is 7.63. The fourth-order valence-corrected chi connectivity index (χ4v) is 1.64. The second kappa shape index (κ2) is 3.73. The molecule has 82 valence electrons. The van der Waals surface area contributed by atoms with Crippen LogP contribution in [0.15, 0.2) is 30.3 Å². The number of hydrogen-bond acceptors (Lipinski definition) is 3. The van der Waals surface area contributed by atoms with E-state index in [-0.39, 0.29) is 11.3 Å². The molecular weight excluding hydrogens is 206 g/mol. The number of anilines is 1. The Morgan fingerprint density at radius 3 is 2.62 bits per heavy atom. The second-order valence-corrected chi connectivity index (χ2v) is 3.42. The summed E-state index contributed by atoms with van der Waals surface area (Å²) < 4.78 is 5.07. The quantitative estimate of drug-likeness (QED) is 0.756. The van der Waals surface area contributed by atoms with E-state index in [2.05, 4.69) is 0 Å². The first-order valence-corrected chi connectivity index (χ1v) is 4.73. The number of aromatic carboxylic acids is 1. The van der Waals surface area contributed by atoms with Gasteiger partial charge < -0.3 is 15.6 Å². The third kappa shape index (κ3) is 1.54. The minimum absolute atomic E-state index is 0.112. The number of hydrogen-bond donors (Lipinski definition) is 2. The van der Waals surface area contributed by atoms with Crippen LogP contribution < -0.4 is 10.5 Å². The number of benzene rings is 2. The van der Waals surface area contributed by atoms with Gasteiger partial charge in [0.1, 0.15) is 5.75 Å². The van der Waals surface area contributed by atoms with Crippen molar-refractivity contribution in [1.29, 1.82) is 0 Å². The van der Waals surface area contributed by atoms with Gasteiger partial charge in [0.05, 0.1) is 18.4 Å². The molecule has 0 aliphatic rings. The Bertz CT molecular complexity index is 563. The van der Waals surface area contributed by atoms with Gasteiger partial charge in [0.2, 0.25) is 0 Å². The van der Waals surface area contributed by atoms with Crippen molar-refractivity contribution in [3.8, 4) is 5.75 Å². The predicted octanol–water partition coefficient (Wildman–Crippen LogP) is 2.13. The van der Waals surface area contributed by atoms with Crippen molar-refractivity contribution in [2.24, 2.45) is 0 Å². The average Bonchev–Trinajstić information content (AvgIpc) is 2.28. The lowest BCUT2D eigenvalue weighted by Gasteiger charge is -2.07. The van der Waals surface area contributed by atoms with E-state index >= 15 is 0 Å². The highest BCUT2D eigenvalue weighted by Gasteiger charge is 2.10. The van der Waals surface area contributed by atoms with Gasteiger partial charge in [0.15, 0.2) is 0 Å². The summed E-state index contributed by atoms with van der Waals surface area (Å²) in [5.41, 5.74) is 6.19. The zero-order valence-electron chi connectivity index (χ0n) is 8.73. The Labute approximate surface area is 92.3 Å². The number of fused-ring (bicyclic) bond motifs is 1. The fraction of sp³-hybridized carbons (Fsp3) is 0.0833. The van der Waals surface area contributed by atoms with Crippen LogP contribution in [0.1, 0.15) is 10.4 Å². The van der Waals surface area contributed by atoms with Crippen molar-refractivity contribution in [2.45, 2.75) is 0 Å². The molecule has 0 amide bonds. The van der Waals surface area contributed by atoms with Crippen LogP contribution in [0, 0.1) is 0 Å². The van der Waals surface area contributed by atoms with Gasteiger partial charge in [0, 0.05) is 5.39 Å².